The predicted octanol–water partition coefficient (Wildman–Crippen LogP) is 3.93. The Hall–Kier alpha value is -1.35. The van der Waals surface area contributed by atoms with Crippen molar-refractivity contribution >= 4 is 17.0 Å². The molecule has 0 radical (unpaired) electrons. The summed E-state index contributed by atoms with van der Waals surface area (Å²) in [5.74, 6) is 0. The van der Waals surface area contributed by atoms with Gasteiger partial charge in [0.05, 0.1) is 6.04 Å². The maximum absolute atomic E-state index is 4.09. The van der Waals surface area contributed by atoms with Gasteiger partial charge in [-0.15, -0.1) is 11.3 Å². The number of aryl methyl sites for hydroxylation is 2. The highest BCUT2D eigenvalue weighted by molar-refractivity contribution is 7.12. The number of hydrogen-bond donors (Lipinski definition) is 1. The fourth-order valence-corrected chi connectivity index (χ4v) is 2.51. The zero-order valence-corrected chi connectivity index (χ0v) is 10.6. The second-order valence-electron chi connectivity index (χ2n) is 4.01. The molecule has 0 saturated carbocycles. The highest BCUT2D eigenvalue weighted by Gasteiger charge is 2.08. The molecule has 0 fully saturated rings. The van der Waals surface area contributed by atoms with Gasteiger partial charge in [0.2, 0.25) is 0 Å². The van der Waals surface area contributed by atoms with Crippen LogP contribution >= 0.6 is 11.3 Å². The van der Waals surface area contributed by atoms with Crippen molar-refractivity contribution in [3.8, 4) is 0 Å². The van der Waals surface area contributed by atoms with E-state index in [9.17, 15) is 0 Å². The summed E-state index contributed by atoms with van der Waals surface area (Å²) in [5.41, 5.74) is 2.34. The summed E-state index contributed by atoms with van der Waals surface area (Å²) in [5, 5.41) is 3.51. The summed E-state index contributed by atoms with van der Waals surface area (Å²) in [6.07, 6.45) is 3.70. The van der Waals surface area contributed by atoms with Gasteiger partial charge in [0.1, 0.15) is 0 Å². The lowest BCUT2D eigenvalue weighted by Crippen LogP contribution is -2.06. The van der Waals surface area contributed by atoms with Crippen molar-refractivity contribution in [2.24, 2.45) is 0 Å². The molecule has 1 atom stereocenters. The van der Waals surface area contributed by atoms with Crippen molar-refractivity contribution in [3.05, 3.63) is 45.9 Å². The average Bonchev–Trinajstić information content (AvgIpc) is 2.68. The highest BCUT2D eigenvalue weighted by Crippen LogP contribution is 2.26. The number of pyridine rings is 1. The topological polar surface area (TPSA) is 24.9 Å². The van der Waals surface area contributed by atoms with Crippen LogP contribution in [0.2, 0.25) is 0 Å². The van der Waals surface area contributed by atoms with Gasteiger partial charge < -0.3 is 5.32 Å². The summed E-state index contributed by atoms with van der Waals surface area (Å²) in [7, 11) is 0. The average molecular weight is 232 g/mol. The van der Waals surface area contributed by atoms with Crippen LogP contribution in [0.3, 0.4) is 0 Å². The van der Waals surface area contributed by atoms with E-state index in [1.54, 1.807) is 0 Å². The van der Waals surface area contributed by atoms with Crippen LogP contribution in [0.15, 0.2) is 30.6 Å². The van der Waals surface area contributed by atoms with Crippen molar-refractivity contribution in [2.45, 2.75) is 26.8 Å². The van der Waals surface area contributed by atoms with Crippen LogP contribution in [0, 0.1) is 13.8 Å². The van der Waals surface area contributed by atoms with Crippen LogP contribution in [0.5, 0.6) is 0 Å². The standard InChI is InChI=1S/C13H16N2S/c1-9-8-14-7-6-12(9)15-11(3)13-5-4-10(2)16-13/h4-8,11H,1-3H3,(H,14,15). The van der Waals surface area contributed by atoms with Gasteiger partial charge in [-0.2, -0.15) is 0 Å². The molecule has 2 aromatic rings. The molecule has 0 aliphatic heterocycles. The molecule has 0 amide bonds. The monoisotopic (exact) mass is 232 g/mol. The second kappa shape index (κ2) is 4.66. The second-order valence-corrected chi connectivity index (χ2v) is 5.32. The third-order valence-electron chi connectivity index (χ3n) is 2.58. The third kappa shape index (κ3) is 2.42. The van der Waals surface area contributed by atoms with E-state index in [0.29, 0.717) is 6.04 Å². The Kier molecular flexibility index (Phi) is 3.25. The molecule has 3 heteroatoms. The maximum Gasteiger partial charge on any atom is 0.0578 e. The minimum atomic E-state index is 0.347. The number of thiophene rings is 1. The molecule has 2 nitrogen and oxygen atoms in total. The maximum atomic E-state index is 4.09. The van der Waals surface area contributed by atoms with Crippen LogP contribution in [-0.4, -0.2) is 4.98 Å². The van der Waals surface area contributed by atoms with Gasteiger partial charge in [0.15, 0.2) is 0 Å². The first-order chi connectivity index (χ1) is 7.66. The van der Waals surface area contributed by atoms with Crippen molar-refractivity contribution < 1.29 is 0 Å². The molecule has 0 spiro atoms. The highest BCUT2D eigenvalue weighted by atomic mass is 32.1. The molecule has 1 N–H and O–H groups in total. The van der Waals surface area contributed by atoms with Gasteiger partial charge in [-0.05, 0) is 44.5 Å². The summed E-state index contributed by atoms with van der Waals surface area (Å²) in [6.45, 7) is 6.39. The summed E-state index contributed by atoms with van der Waals surface area (Å²) < 4.78 is 0. The summed E-state index contributed by atoms with van der Waals surface area (Å²) in [6, 6.07) is 6.72. The fraction of sp³-hybridized carbons (Fsp3) is 0.308. The van der Waals surface area contributed by atoms with Gasteiger partial charge in [-0.1, -0.05) is 0 Å². The lowest BCUT2D eigenvalue weighted by molar-refractivity contribution is 0.904. The lowest BCUT2D eigenvalue weighted by Gasteiger charge is -2.15. The molecule has 84 valence electrons. The zero-order chi connectivity index (χ0) is 11.5. The van der Waals surface area contributed by atoms with Crippen LogP contribution in [0.25, 0.3) is 0 Å². The van der Waals surface area contributed by atoms with Crippen LogP contribution < -0.4 is 5.32 Å². The van der Waals surface area contributed by atoms with Crippen LogP contribution in [0.1, 0.15) is 28.3 Å². The predicted molar refractivity (Wildman–Crippen MR) is 70.1 cm³/mol. The molecule has 0 aliphatic carbocycles. The van der Waals surface area contributed by atoms with Crippen molar-refractivity contribution in [2.75, 3.05) is 5.32 Å². The van der Waals surface area contributed by atoms with E-state index in [1.165, 1.54) is 15.3 Å². The summed E-state index contributed by atoms with van der Waals surface area (Å²) >= 11 is 1.84. The SMILES string of the molecule is Cc1ccc(C(C)Nc2ccncc2C)s1. The molecule has 2 aromatic heterocycles. The van der Waals surface area contributed by atoms with E-state index >= 15 is 0 Å². The van der Waals surface area contributed by atoms with Gasteiger partial charge in [0, 0.05) is 27.8 Å². The quantitative estimate of drug-likeness (QED) is 0.867. The van der Waals surface area contributed by atoms with Gasteiger partial charge in [-0.25, -0.2) is 0 Å². The zero-order valence-electron chi connectivity index (χ0n) is 9.82. The number of hydrogen-bond acceptors (Lipinski definition) is 3. The third-order valence-corrected chi connectivity index (χ3v) is 3.76. The first-order valence-electron chi connectivity index (χ1n) is 5.40. The molecular formula is C13H16N2S. The Morgan fingerprint density at radius 2 is 2.06 bits per heavy atom. The molecular weight excluding hydrogens is 216 g/mol. The number of rotatable bonds is 3. The molecule has 2 rings (SSSR count). The van der Waals surface area contributed by atoms with E-state index in [1.807, 2.05) is 29.8 Å². The molecule has 0 bridgehead atoms. The molecule has 0 saturated heterocycles. The summed E-state index contributed by atoms with van der Waals surface area (Å²) in [4.78, 5) is 6.82. The van der Waals surface area contributed by atoms with E-state index in [-0.39, 0.29) is 0 Å². The lowest BCUT2D eigenvalue weighted by atomic mass is 10.2. The van der Waals surface area contributed by atoms with Crippen molar-refractivity contribution in [1.82, 2.24) is 4.98 Å². The molecule has 1 unspecified atom stereocenters. The molecule has 16 heavy (non-hydrogen) atoms. The smallest absolute Gasteiger partial charge is 0.0578 e. The Bertz CT molecular complexity index is 476. The molecule has 0 aromatic carbocycles. The first kappa shape index (κ1) is 11.1. The van der Waals surface area contributed by atoms with Gasteiger partial charge >= 0.3 is 0 Å². The Labute approximate surface area is 100 Å². The number of anilines is 1. The molecule has 2 heterocycles. The molecule has 0 aliphatic rings. The van der Waals surface area contributed by atoms with Gasteiger partial charge in [0.25, 0.3) is 0 Å². The fourth-order valence-electron chi connectivity index (χ4n) is 1.63. The minimum Gasteiger partial charge on any atom is -0.377 e. The number of aromatic nitrogens is 1. The Morgan fingerprint density at radius 1 is 1.25 bits per heavy atom. The number of nitrogens with zero attached hydrogens (tertiary/aromatic N) is 1. The van der Waals surface area contributed by atoms with E-state index in [2.05, 4.69) is 43.2 Å². The van der Waals surface area contributed by atoms with E-state index < -0.39 is 0 Å². The minimum absolute atomic E-state index is 0.347. The van der Waals surface area contributed by atoms with Crippen molar-refractivity contribution in [3.63, 3.8) is 0 Å². The first-order valence-corrected chi connectivity index (χ1v) is 6.22. The Morgan fingerprint density at radius 3 is 2.69 bits per heavy atom. The Balaban J connectivity index is 2.13. The van der Waals surface area contributed by atoms with E-state index in [4.69, 9.17) is 0 Å². The normalized spacial score (nSPS) is 12.4. The number of nitrogens with one attached hydrogen (secondary N) is 1. The van der Waals surface area contributed by atoms with Crippen molar-refractivity contribution in [1.29, 1.82) is 0 Å². The van der Waals surface area contributed by atoms with Gasteiger partial charge in [-0.3, -0.25) is 4.98 Å². The largest absolute Gasteiger partial charge is 0.377 e. The van der Waals surface area contributed by atoms with Crippen LogP contribution in [0.4, 0.5) is 5.69 Å². The van der Waals surface area contributed by atoms with E-state index in [0.717, 1.165) is 5.69 Å². The van der Waals surface area contributed by atoms with Crippen LogP contribution in [-0.2, 0) is 0 Å².